The number of aromatic nitrogens is 3. The van der Waals surface area contributed by atoms with Crippen molar-refractivity contribution in [3.05, 3.63) is 64.7 Å². The lowest BCUT2D eigenvalue weighted by Gasteiger charge is -2.31. The number of ether oxygens (including phenoxy) is 1. The van der Waals surface area contributed by atoms with Crippen LogP contribution in [0.25, 0.3) is 0 Å². The Bertz CT molecular complexity index is 1130. The monoisotopic (exact) mass is 437 g/mol. The van der Waals surface area contributed by atoms with E-state index >= 15 is 0 Å². The Balaban J connectivity index is 1.55. The average Bonchev–Trinajstić information content (AvgIpc) is 3.35. The fourth-order valence-corrected chi connectivity index (χ4v) is 4.20. The molecule has 158 valence electrons. The molecule has 9 heteroatoms. The second-order valence-electron chi connectivity index (χ2n) is 7.58. The Morgan fingerprint density at radius 2 is 1.65 bits per heavy atom. The van der Waals surface area contributed by atoms with Gasteiger partial charge in [0.15, 0.2) is 0 Å². The van der Waals surface area contributed by atoms with Gasteiger partial charge in [-0.3, -0.25) is 9.59 Å². The van der Waals surface area contributed by atoms with Crippen LogP contribution in [0.2, 0.25) is 5.02 Å². The van der Waals surface area contributed by atoms with Crippen molar-refractivity contribution in [3.8, 4) is 5.75 Å². The third kappa shape index (κ3) is 3.53. The second kappa shape index (κ2) is 7.70. The zero-order valence-corrected chi connectivity index (χ0v) is 17.5. The Morgan fingerprint density at radius 1 is 1.00 bits per heavy atom. The molecule has 1 fully saturated rings. The fraction of sp³-hybridized carbons (Fsp3) is 0.273. The van der Waals surface area contributed by atoms with E-state index in [0.717, 1.165) is 21.8 Å². The van der Waals surface area contributed by atoms with E-state index in [1.54, 1.807) is 11.8 Å². The molecule has 3 aromatic rings. The maximum atomic E-state index is 12.2. The van der Waals surface area contributed by atoms with Gasteiger partial charge in [-0.2, -0.15) is 4.98 Å². The van der Waals surface area contributed by atoms with E-state index in [0.29, 0.717) is 17.4 Å². The first kappa shape index (κ1) is 19.6. The van der Waals surface area contributed by atoms with Crippen molar-refractivity contribution in [1.29, 1.82) is 0 Å². The minimum atomic E-state index is -0.275. The number of nitrogens with zero attached hydrogens (tertiary/aromatic N) is 4. The molecule has 31 heavy (non-hydrogen) atoms. The molecule has 1 N–H and O–H groups in total. The molecule has 2 amide bonds. The van der Waals surface area contributed by atoms with Gasteiger partial charge in [-0.05, 0) is 41.8 Å². The molecule has 5 rings (SSSR count). The molecule has 2 atom stereocenters. The van der Waals surface area contributed by atoms with Crippen molar-refractivity contribution in [1.82, 2.24) is 14.8 Å². The third-order valence-electron chi connectivity index (χ3n) is 5.70. The summed E-state index contributed by atoms with van der Waals surface area (Å²) in [6.45, 7) is 0. The molecular formula is C22H20ClN5O3. The van der Waals surface area contributed by atoms with Crippen molar-refractivity contribution in [2.24, 2.45) is 0 Å². The number of carbonyl (C=O) groups excluding carboxylic acids is 2. The first-order valence-corrected chi connectivity index (χ1v) is 10.4. The van der Waals surface area contributed by atoms with Gasteiger partial charge in [0.05, 0.1) is 19.2 Å². The molecular weight excluding hydrogens is 418 g/mol. The molecule has 0 unspecified atom stereocenters. The highest BCUT2D eigenvalue weighted by atomic mass is 35.5. The minimum absolute atomic E-state index is 0.0406. The summed E-state index contributed by atoms with van der Waals surface area (Å²) >= 11 is 6.09. The largest absolute Gasteiger partial charge is 0.497 e. The van der Waals surface area contributed by atoms with Gasteiger partial charge in [0.1, 0.15) is 5.75 Å². The van der Waals surface area contributed by atoms with E-state index in [2.05, 4.69) is 15.4 Å². The zero-order chi connectivity index (χ0) is 21.5. The highest BCUT2D eigenvalue weighted by Gasteiger charge is 2.37. The molecule has 0 bridgehead atoms. The topological polar surface area (TPSA) is 89.4 Å². The van der Waals surface area contributed by atoms with E-state index in [1.807, 2.05) is 48.5 Å². The van der Waals surface area contributed by atoms with Crippen molar-refractivity contribution in [2.75, 3.05) is 17.3 Å². The van der Waals surface area contributed by atoms with E-state index in [9.17, 15) is 9.59 Å². The number of anilines is 2. The molecule has 2 aromatic carbocycles. The van der Waals surface area contributed by atoms with Crippen LogP contribution in [0.3, 0.4) is 0 Å². The van der Waals surface area contributed by atoms with Crippen molar-refractivity contribution in [3.63, 3.8) is 0 Å². The van der Waals surface area contributed by atoms with E-state index in [4.69, 9.17) is 16.3 Å². The summed E-state index contributed by atoms with van der Waals surface area (Å²) in [6.07, 6.45) is 1.07. The summed E-state index contributed by atoms with van der Waals surface area (Å²) in [7, 11) is 1.63. The molecule has 1 saturated heterocycles. The van der Waals surface area contributed by atoms with Crippen LogP contribution in [-0.4, -0.2) is 33.7 Å². The SMILES string of the molecule is COc1ccc([C@H]2C[C@@H](c3ccc(Cl)cc3)n3nc(N4C(=O)CCC4=O)nc3N2)cc1. The quantitative estimate of drug-likeness (QED) is 0.625. The Morgan fingerprint density at radius 3 is 2.29 bits per heavy atom. The molecule has 2 aliphatic rings. The van der Waals surface area contributed by atoms with Crippen molar-refractivity contribution in [2.45, 2.75) is 31.3 Å². The van der Waals surface area contributed by atoms with Gasteiger partial charge < -0.3 is 10.1 Å². The average molecular weight is 438 g/mol. The van der Waals surface area contributed by atoms with Crippen LogP contribution >= 0.6 is 11.6 Å². The number of fused-ring (bicyclic) bond motifs is 1. The Hall–Kier alpha value is -3.39. The summed E-state index contributed by atoms with van der Waals surface area (Å²) in [5.41, 5.74) is 2.09. The highest BCUT2D eigenvalue weighted by Crippen LogP contribution is 2.39. The van der Waals surface area contributed by atoms with Crippen LogP contribution in [-0.2, 0) is 9.59 Å². The number of benzene rings is 2. The predicted octanol–water partition coefficient (Wildman–Crippen LogP) is 3.74. The minimum Gasteiger partial charge on any atom is -0.497 e. The van der Waals surface area contributed by atoms with Crippen LogP contribution in [0.4, 0.5) is 11.9 Å². The van der Waals surface area contributed by atoms with Crippen LogP contribution in [0, 0.1) is 0 Å². The van der Waals surface area contributed by atoms with Crippen LogP contribution in [0.1, 0.15) is 42.5 Å². The number of halogens is 1. The second-order valence-corrected chi connectivity index (χ2v) is 8.01. The number of hydrogen-bond acceptors (Lipinski definition) is 6. The van der Waals surface area contributed by atoms with Gasteiger partial charge in [-0.1, -0.05) is 35.9 Å². The van der Waals surface area contributed by atoms with Gasteiger partial charge >= 0.3 is 0 Å². The van der Waals surface area contributed by atoms with Gasteiger partial charge in [-0.15, -0.1) is 5.10 Å². The van der Waals surface area contributed by atoms with E-state index < -0.39 is 0 Å². The summed E-state index contributed by atoms with van der Waals surface area (Å²) in [5, 5.41) is 8.60. The van der Waals surface area contributed by atoms with Crippen LogP contribution in [0.15, 0.2) is 48.5 Å². The first-order chi connectivity index (χ1) is 15.0. The highest BCUT2D eigenvalue weighted by molar-refractivity contribution is 6.30. The number of carbonyl (C=O) groups is 2. The number of hydrogen-bond donors (Lipinski definition) is 1. The molecule has 1 aromatic heterocycles. The summed E-state index contributed by atoms with van der Waals surface area (Å²) in [5.74, 6) is 0.856. The molecule has 0 radical (unpaired) electrons. The van der Waals surface area contributed by atoms with Gasteiger partial charge in [0, 0.05) is 17.9 Å². The zero-order valence-electron chi connectivity index (χ0n) is 16.8. The first-order valence-electron chi connectivity index (χ1n) is 10.0. The van der Waals surface area contributed by atoms with Crippen molar-refractivity contribution >= 4 is 35.3 Å². The molecule has 2 aliphatic heterocycles. The lowest BCUT2D eigenvalue weighted by Crippen LogP contribution is -2.30. The lowest BCUT2D eigenvalue weighted by atomic mass is 9.93. The van der Waals surface area contributed by atoms with Crippen LogP contribution in [0.5, 0.6) is 5.75 Å². The van der Waals surface area contributed by atoms with E-state index in [1.165, 1.54) is 0 Å². The normalized spacial score (nSPS) is 20.5. The fourth-order valence-electron chi connectivity index (χ4n) is 4.08. The molecule has 0 aliphatic carbocycles. The van der Waals surface area contributed by atoms with Gasteiger partial charge in [-0.25, -0.2) is 9.58 Å². The number of methoxy groups -OCH3 is 1. The van der Waals surface area contributed by atoms with Crippen LogP contribution < -0.4 is 15.0 Å². The summed E-state index contributed by atoms with van der Waals surface area (Å²) < 4.78 is 7.01. The molecule has 0 saturated carbocycles. The Kier molecular flexibility index (Phi) is 4.86. The van der Waals surface area contributed by atoms with Gasteiger partial charge in [0.2, 0.25) is 17.8 Å². The molecule has 3 heterocycles. The molecule has 0 spiro atoms. The number of nitrogens with one attached hydrogen (secondary N) is 1. The lowest BCUT2D eigenvalue weighted by molar-refractivity contribution is -0.121. The number of rotatable bonds is 4. The standard InChI is InChI=1S/C22H20ClN5O3/c1-31-16-8-4-13(5-9-16)17-12-18(14-2-6-15(23)7-3-14)28-21(24-17)25-22(26-28)27-19(29)10-11-20(27)30/h2-9,17-18H,10-12H2,1H3,(H,24,25,26)/t17-,18+/m1/s1. The third-order valence-corrected chi connectivity index (χ3v) is 5.95. The number of imide groups is 1. The smallest absolute Gasteiger partial charge is 0.260 e. The van der Waals surface area contributed by atoms with Gasteiger partial charge in [0.25, 0.3) is 5.95 Å². The predicted molar refractivity (Wildman–Crippen MR) is 115 cm³/mol. The Labute approximate surface area is 183 Å². The summed E-state index contributed by atoms with van der Waals surface area (Å²) in [4.78, 5) is 30.0. The maximum absolute atomic E-state index is 12.2. The van der Waals surface area contributed by atoms with E-state index in [-0.39, 0.29) is 42.7 Å². The summed E-state index contributed by atoms with van der Waals surface area (Å²) in [6, 6.07) is 15.3. The number of amides is 2. The maximum Gasteiger partial charge on any atom is 0.260 e. The molecule has 8 nitrogen and oxygen atoms in total. The van der Waals surface area contributed by atoms with Crippen molar-refractivity contribution < 1.29 is 14.3 Å².